The van der Waals surface area contributed by atoms with Crippen molar-refractivity contribution in [2.45, 2.75) is 46.1 Å². The Morgan fingerprint density at radius 1 is 1.12 bits per heavy atom. The quantitative estimate of drug-likeness (QED) is 0.523. The van der Waals surface area contributed by atoms with Crippen LogP contribution in [0.3, 0.4) is 0 Å². The smallest absolute Gasteiger partial charge is 0.339 e. The van der Waals surface area contributed by atoms with Crippen molar-refractivity contribution < 1.29 is 14.3 Å². The minimum absolute atomic E-state index is 0.338. The van der Waals surface area contributed by atoms with Gasteiger partial charge in [0, 0.05) is 41.8 Å². The molecule has 4 rings (SSSR count). The number of nitrogens with one attached hydrogen (secondary N) is 1. The molecule has 33 heavy (non-hydrogen) atoms. The first-order valence-electron chi connectivity index (χ1n) is 11.7. The number of para-hydroxylation sites is 1. The number of nitrogens with zero attached hydrogens (tertiary/aromatic N) is 2. The van der Waals surface area contributed by atoms with E-state index in [-0.39, 0.29) is 12.5 Å². The van der Waals surface area contributed by atoms with Crippen LogP contribution in [0.2, 0.25) is 0 Å². The molecular formula is C27H31N3O3. The minimum Gasteiger partial charge on any atom is -0.452 e. The van der Waals surface area contributed by atoms with Crippen molar-refractivity contribution in [2.24, 2.45) is 0 Å². The molecule has 6 nitrogen and oxygen atoms in total. The van der Waals surface area contributed by atoms with Gasteiger partial charge in [0.05, 0.1) is 11.1 Å². The second-order valence-corrected chi connectivity index (χ2v) is 8.86. The first-order chi connectivity index (χ1) is 16.0. The Bertz CT molecular complexity index is 1160. The van der Waals surface area contributed by atoms with Crippen molar-refractivity contribution in [2.75, 3.05) is 25.0 Å². The lowest BCUT2D eigenvalue weighted by Gasteiger charge is -2.29. The molecule has 0 bridgehead atoms. The molecule has 0 atom stereocenters. The molecule has 3 aromatic rings. The Balaban J connectivity index is 1.51. The number of fused-ring (bicyclic) bond motifs is 2. The second-order valence-electron chi connectivity index (χ2n) is 8.86. The van der Waals surface area contributed by atoms with Gasteiger partial charge in [-0.3, -0.25) is 14.7 Å². The normalized spacial score (nSPS) is 13.7. The summed E-state index contributed by atoms with van der Waals surface area (Å²) < 4.78 is 5.50. The number of amides is 1. The van der Waals surface area contributed by atoms with Gasteiger partial charge in [0.25, 0.3) is 5.91 Å². The maximum absolute atomic E-state index is 13.2. The number of carbonyl (C=O) groups is 2. The predicted octanol–water partition coefficient (Wildman–Crippen LogP) is 4.92. The highest BCUT2D eigenvalue weighted by molar-refractivity contribution is 6.06. The molecule has 2 heterocycles. The van der Waals surface area contributed by atoms with Crippen LogP contribution in [-0.2, 0) is 22.5 Å². The fourth-order valence-electron chi connectivity index (χ4n) is 4.34. The molecule has 0 fully saturated rings. The molecule has 0 radical (unpaired) electrons. The van der Waals surface area contributed by atoms with Crippen LogP contribution in [0.15, 0.2) is 48.5 Å². The third-order valence-electron chi connectivity index (χ3n) is 6.06. The van der Waals surface area contributed by atoms with E-state index in [9.17, 15) is 9.59 Å². The Morgan fingerprint density at radius 3 is 2.61 bits per heavy atom. The Hall–Kier alpha value is -3.25. The monoisotopic (exact) mass is 445 g/mol. The van der Waals surface area contributed by atoms with E-state index in [1.54, 1.807) is 0 Å². The van der Waals surface area contributed by atoms with Crippen molar-refractivity contribution in [3.8, 4) is 0 Å². The van der Waals surface area contributed by atoms with Gasteiger partial charge in [-0.2, -0.15) is 0 Å². The zero-order valence-corrected chi connectivity index (χ0v) is 19.6. The van der Waals surface area contributed by atoms with E-state index < -0.39 is 5.97 Å². The fourth-order valence-corrected chi connectivity index (χ4v) is 4.34. The SMILES string of the molecule is CCCN1CCc2nc3ccccc3c(C(=O)OCC(=O)Nc3ccc(C(C)C)cc3)c2C1. The third-order valence-corrected chi connectivity index (χ3v) is 6.06. The summed E-state index contributed by atoms with van der Waals surface area (Å²) in [5, 5.41) is 3.57. The van der Waals surface area contributed by atoms with Crippen LogP contribution >= 0.6 is 0 Å². The molecule has 0 saturated carbocycles. The first-order valence-corrected chi connectivity index (χ1v) is 11.7. The summed E-state index contributed by atoms with van der Waals surface area (Å²) in [4.78, 5) is 32.8. The molecule has 0 saturated heterocycles. The lowest BCUT2D eigenvalue weighted by atomic mass is 9.95. The van der Waals surface area contributed by atoms with Gasteiger partial charge < -0.3 is 10.1 Å². The summed E-state index contributed by atoms with van der Waals surface area (Å²) in [6.07, 6.45) is 1.85. The average Bonchev–Trinajstić information content (AvgIpc) is 2.81. The highest BCUT2D eigenvalue weighted by atomic mass is 16.5. The number of rotatable bonds is 7. The van der Waals surface area contributed by atoms with Crippen LogP contribution in [-0.4, -0.2) is 41.5 Å². The molecule has 0 aliphatic carbocycles. The maximum Gasteiger partial charge on any atom is 0.339 e. The van der Waals surface area contributed by atoms with Crippen molar-refractivity contribution in [3.63, 3.8) is 0 Å². The molecule has 1 aliphatic rings. The predicted molar refractivity (Wildman–Crippen MR) is 130 cm³/mol. The summed E-state index contributed by atoms with van der Waals surface area (Å²) in [5.41, 5.74) is 5.06. The van der Waals surface area contributed by atoms with Crippen LogP contribution in [0.5, 0.6) is 0 Å². The van der Waals surface area contributed by atoms with E-state index in [1.807, 2.05) is 48.5 Å². The standard InChI is InChI=1S/C27H31N3O3/c1-4-14-30-15-13-24-22(16-30)26(21-7-5-6-8-23(21)29-24)27(32)33-17-25(31)28-20-11-9-19(10-12-20)18(2)3/h5-12,18H,4,13-17H2,1-3H3,(H,28,31). The second kappa shape index (κ2) is 10.1. The average molecular weight is 446 g/mol. The third kappa shape index (κ3) is 5.22. The minimum atomic E-state index is -0.478. The molecule has 172 valence electrons. The molecule has 6 heteroatoms. The van der Waals surface area contributed by atoms with Crippen LogP contribution in [0.1, 0.15) is 60.3 Å². The molecular weight excluding hydrogens is 414 g/mol. The van der Waals surface area contributed by atoms with Crippen molar-refractivity contribution in [3.05, 3.63) is 70.9 Å². The number of anilines is 1. The summed E-state index contributed by atoms with van der Waals surface area (Å²) in [7, 11) is 0. The molecule has 2 aromatic carbocycles. The molecule has 1 N–H and O–H groups in total. The van der Waals surface area contributed by atoms with Gasteiger partial charge in [-0.15, -0.1) is 0 Å². The van der Waals surface area contributed by atoms with Crippen LogP contribution in [0.4, 0.5) is 5.69 Å². The van der Waals surface area contributed by atoms with Crippen LogP contribution in [0.25, 0.3) is 10.9 Å². The summed E-state index contributed by atoms with van der Waals surface area (Å²) in [6, 6.07) is 15.3. The molecule has 1 aromatic heterocycles. The zero-order valence-electron chi connectivity index (χ0n) is 19.6. The number of carbonyl (C=O) groups excluding carboxylic acids is 2. The van der Waals surface area contributed by atoms with Crippen molar-refractivity contribution in [1.82, 2.24) is 9.88 Å². The van der Waals surface area contributed by atoms with Crippen molar-refractivity contribution >= 4 is 28.5 Å². The lowest BCUT2D eigenvalue weighted by Crippen LogP contribution is -2.33. The first kappa shape index (κ1) is 22.9. The lowest BCUT2D eigenvalue weighted by molar-refractivity contribution is -0.119. The van der Waals surface area contributed by atoms with Crippen LogP contribution in [0, 0.1) is 0 Å². The molecule has 1 amide bonds. The van der Waals surface area contributed by atoms with E-state index in [1.165, 1.54) is 5.56 Å². The Morgan fingerprint density at radius 2 is 1.88 bits per heavy atom. The van der Waals surface area contributed by atoms with Gasteiger partial charge in [0.1, 0.15) is 0 Å². The summed E-state index contributed by atoms with van der Waals surface area (Å²) >= 11 is 0. The summed E-state index contributed by atoms with van der Waals surface area (Å²) in [6.45, 7) is 8.62. The van der Waals surface area contributed by atoms with Gasteiger partial charge in [-0.05, 0) is 42.6 Å². The number of aromatic nitrogens is 1. The summed E-state index contributed by atoms with van der Waals surface area (Å²) in [5.74, 6) is -0.418. The number of ether oxygens (including phenoxy) is 1. The maximum atomic E-state index is 13.2. The van der Waals surface area contributed by atoms with Gasteiger partial charge in [0.2, 0.25) is 0 Å². The van der Waals surface area contributed by atoms with E-state index in [0.29, 0.717) is 23.7 Å². The van der Waals surface area contributed by atoms with E-state index in [2.05, 4.69) is 31.0 Å². The fraction of sp³-hybridized carbons (Fsp3) is 0.370. The van der Waals surface area contributed by atoms with E-state index in [0.717, 1.165) is 48.1 Å². The molecule has 0 unspecified atom stereocenters. The number of esters is 1. The topological polar surface area (TPSA) is 71.5 Å². The highest BCUT2D eigenvalue weighted by Gasteiger charge is 2.26. The largest absolute Gasteiger partial charge is 0.452 e. The van der Waals surface area contributed by atoms with Crippen molar-refractivity contribution in [1.29, 1.82) is 0 Å². The number of benzene rings is 2. The number of pyridine rings is 1. The van der Waals surface area contributed by atoms with Crippen LogP contribution < -0.4 is 5.32 Å². The molecule has 0 spiro atoms. The van der Waals surface area contributed by atoms with E-state index in [4.69, 9.17) is 9.72 Å². The van der Waals surface area contributed by atoms with E-state index >= 15 is 0 Å². The van der Waals surface area contributed by atoms with Gasteiger partial charge in [-0.1, -0.05) is 51.1 Å². The Kier molecular flexibility index (Phi) is 7.04. The van der Waals surface area contributed by atoms with Gasteiger partial charge in [0.15, 0.2) is 6.61 Å². The Labute approximate surface area is 195 Å². The van der Waals surface area contributed by atoms with Gasteiger partial charge >= 0.3 is 5.97 Å². The number of hydrogen-bond acceptors (Lipinski definition) is 5. The molecule has 1 aliphatic heterocycles. The highest BCUT2D eigenvalue weighted by Crippen LogP contribution is 2.29. The number of hydrogen-bond donors (Lipinski definition) is 1. The van der Waals surface area contributed by atoms with Gasteiger partial charge in [-0.25, -0.2) is 4.79 Å². The zero-order chi connectivity index (χ0) is 23.4.